The Kier molecular flexibility index (Phi) is 3.86. The summed E-state index contributed by atoms with van der Waals surface area (Å²) in [6, 6.07) is 2.15. The highest BCUT2D eigenvalue weighted by molar-refractivity contribution is 7.80. The lowest BCUT2D eigenvalue weighted by molar-refractivity contribution is 0.0903. The van der Waals surface area contributed by atoms with Crippen LogP contribution in [0.3, 0.4) is 0 Å². The predicted octanol–water partition coefficient (Wildman–Crippen LogP) is 1.01. The number of aromatic nitrogens is 2. The van der Waals surface area contributed by atoms with Crippen LogP contribution in [0.2, 0.25) is 0 Å². The number of nitrogens with zero attached hydrogens (tertiary/aromatic N) is 2. The fraction of sp³-hybridized carbons (Fsp3) is 0.545. The van der Waals surface area contributed by atoms with Crippen LogP contribution in [0.5, 0.6) is 0 Å². The Balaban J connectivity index is 2.11. The Morgan fingerprint density at radius 3 is 2.82 bits per heavy atom. The molecule has 5 nitrogen and oxygen atoms in total. The molecule has 0 radical (unpaired) electrons. The van der Waals surface area contributed by atoms with Crippen LogP contribution in [0.4, 0.5) is 5.95 Å². The largest absolute Gasteiger partial charge is 0.388 e. The van der Waals surface area contributed by atoms with Gasteiger partial charge in [-0.2, -0.15) is 0 Å². The minimum Gasteiger partial charge on any atom is -0.388 e. The van der Waals surface area contributed by atoms with Crippen molar-refractivity contribution in [3.8, 4) is 0 Å². The second-order valence-corrected chi connectivity index (χ2v) is 4.55. The molecule has 1 aliphatic heterocycles. The lowest BCUT2D eigenvalue weighted by atomic mass is 10.1. The van der Waals surface area contributed by atoms with Crippen molar-refractivity contribution in [1.29, 1.82) is 0 Å². The fourth-order valence-corrected chi connectivity index (χ4v) is 1.89. The van der Waals surface area contributed by atoms with E-state index in [0.29, 0.717) is 22.7 Å². The molecule has 0 bridgehead atoms. The van der Waals surface area contributed by atoms with Crippen LogP contribution in [0, 0.1) is 6.92 Å². The second kappa shape index (κ2) is 5.37. The van der Waals surface area contributed by atoms with E-state index >= 15 is 0 Å². The van der Waals surface area contributed by atoms with Gasteiger partial charge in [0.05, 0.1) is 0 Å². The molecule has 2 rings (SSSR count). The molecule has 2 heterocycles. The quantitative estimate of drug-likeness (QED) is 0.782. The normalized spacial score (nSPS) is 16.8. The van der Waals surface area contributed by atoms with Crippen LogP contribution in [0.1, 0.15) is 24.2 Å². The van der Waals surface area contributed by atoms with Crippen molar-refractivity contribution in [2.24, 2.45) is 5.73 Å². The molecule has 0 saturated carbocycles. The Hall–Kier alpha value is -1.27. The maximum Gasteiger partial charge on any atom is 0.223 e. The van der Waals surface area contributed by atoms with E-state index in [1.54, 1.807) is 6.07 Å². The minimum absolute atomic E-state index is 0.297. The van der Waals surface area contributed by atoms with Gasteiger partial charge in [-0.3, -0.25) is 0 Å². The van der Waals surface area contributed by atoms with Crippen molar-refractivity contribution in [3.05, 3.63) is 17.5 Å². The predicted molar refractivity (Wildman–Crippen MR) is 70.1 cm³/mol. The van der Waals surface area contributed by atoms with Crippen molar-refractivity contribution in [2.75, 3.05) is 18.5 Å². The number of nitrogens with one attached hydrogen (secondary N) is 1. The Labute approximate surface area is 106 Å². The van der Waals surface area contributed by atoms with E-state index in [-0.39, 0.29) is 0 Å². The minimum atomic E-state index is 0.297. The van der Waals surface area contributed by atoms with E-state index in [9.17, 15) is 0 Å². The van der Waals surface area contributed by atoms with Gasteiger partial charge >= 0.3 is 0 Å². The highest BCUT2D eigenvalue weighted by atomic mass is 32.1. The van der Waals surface area contributed by atoms with E-state index in [2.05, 4.69) is 15.3 Å². The first-order valence-corrected chi connectivity index (χ1v) is 6.06. The molecule has 1 fully saturated rings. The van der Waals surface area contributed by atoms with Crippen molar-refractivity contribution in [3.63, 3.8) is 0 Å². The molecule has 6 heteroatoms. The molecule has 0 amide bonds. The van der Waals surface area contributed by atoms with Gasteiger partial charge in [-0.1, -0.05) is 12.2 Å². The van der Waals surface area contributed by atoms with E-state index < -0.39 is 0 Å². The number of rotatable bonds is 3. The third-order valence-corrected chi connectivity index (χ3v) is 2.87. The van der Waals surface area contributed by atoms with Crippen molar-refractivity contribution >= 4 is 23.2 Å². The number of thiocarbonyl (C=S) groups is 1. The summed E-state index contributed by atoms with van der Waals surface area (Å²) >= 11 is 4.93. The maximum absolute atomic E-state index is 5.58. The topological polar surface area (TPSA) is 73.1 Å². The highest BCUT2D eigenvalue weighted by Gasteiger charge is 2.15. The fourth-order valence-electron chi connectivity index (χ4n) is 1.78. The number of anilines is 1. The first kappa shape index (κ1) is 12.2. The summed E-state index contributed by atoms with van der Waals surface area (Å²) in [5.74, 6) is 0.597. The van der Waals surface area contributed by atoms with Crippen LogP contribution < -0.4 is 11.1 Å². The Morgan fingerprint density at radius 1 is 1.47 bits per heavy atom. The zero-order valence-electron chi connectivity index (χ0n) is 9.77. The lowest BCUT2D eigenvalue weighted by Gasteiger charge is -2.23. The van der Waals surface area contributed by atoms with Gasteiger partial charge in [0.1, 0.15) is 10.7 Å². The number of hydrogen-bond acceptors (Lipinski definition) is 5. The third kappa shape index (κ3) is 3.34. The van der Waals surface area contributed by atoms with Crippen molar-refractivity contribution < 1.29 is 4.74 Å². The summed E-state index contributed by atoms with van der Waals surface area (Å²) in [7, 11) is 0. The maximum atomic E-state index is 5.58. The number of hydrogen-bond donors (Lipinski definition) is 2. The molecule has 1 saturated heterocycles. The van der Waals surface area contributed by atoms with Gasteiger partial charge in [-0.05, 0) is 25.8 Å². The molecule has 0 atom stereocenters. The van der Waals surface area contributed by atoms with Crippen LogP contribution in [-0.2, 0) is 4.74 Å². The van der Waals surface area contributed by atoms with Crippen LogP contribution in [0.15, 0.2) is 6.07 Å². The molecule has 0 spiro atoms. The molecule has 1 aromatic rings. The average molecular weight is 252 g/mol. The standard InChI is InChI=1S/C11H16N4OS/c1-7-6-9(10(12)17)15-11(13-7)14-8-2-4-16-5-3-8/h6,8H,2-5H2,1H3,(H2,12,17)(H,13,14,15). The smallest absolute Gasteiger partial charge is 0.223 e. The van der Waals surface area contributed by atoms with Gasteiger partial charge in [0.2, 0.25) is 5.95 Å². The van der Waals surface area contributed by atoms with Gasteiger partial charge in [0, 0.05) is 24.9 Å². The van der Waals surface area contributed by atoms with Gasteiger partial charge in [0.15, 0.2) is 0 Å². The monoisotopic (exact) mass is 252 g/mol. The van der Waals surface area contributed by atoms with Crippen molar-refractivity contribution in [2.45, 2.75) is 25.8 Å². The van der Waals surface area contributed by atoms with Crippen LogP contribution >= 0.6 is 12.2 Å². The summed E-state index contributed by atoms with van der Waals surface area (Å²) < 4.78 is 5.30. The molecule has 0 aliphatic carbocycles. The molecule has 92 valence electrons. The average Bonchev–Trinajstić information content (AvgIpc) is 2.29. The molecule has 1 aromatic heterocycles. The number of aryl methyl sites for hydroxylation is 1. The lowest BCUT2D eigenvalue weighted by Crippen LogP contribution is -2.29. The summed E-state index contributed by atoms with van der Waals surface area (Å²) in [5, 5.41) is 3.30. The molecule has 0 aromatic carbocycles. The number of nitrogens with two attached hydrogens (primary N) is 1. The third-order valence-electron chi connectivity index (χ3n) is 2.66. The van der Waals surface area contributed by atoms with Gasteiger partial charge in [0.25, 0.3) is 0 Å². The Bertz CT molecular complexity index is 418. The molecule has 17 heavy (non-hydrogen) atoms. The second-order valence-electron chi connectivity index (χ2n) is 4.11. The van der Waals surface area contributed by atoms with E-state index in [0.717, 1.165) is 31.7 Å². The molecule has 0 unspecified atom stereocenters. The van der Waals surface area contributed by atoms with Gasteiger partial charge in [-0.15, -0.1) is 0 Å². The highest BCUT2D eigenvalue weighted by Crippen LogP contribution is 2.12. The van der Waals surface area contributed by atoms with E-state index in [4.69, 9.17) is 22.7 Å². The summed E-state index contributed by atoms with van der Waals surface area (Å²) in [5.41, 5.74) is 7.05. The van der Waals surface area contributed by atoms with Gasteiger partial charge < -0.3 is 15.8 Å². The molecular formula is C11H16N4OS. The molecule has 1 aliphatic rings. The summed E-state index contributed by atoms with van der Waals surface area (Å²) in [6.45, 7) is 3.47. The van der Waals surface area contributed by atoms with Crippen LogP contribution in [0.25, 0.3) is 0 Å². The first-order chi connectivity index (χ1) is 8.15. The van der Waals surface area contributed by atoms with E-state index in [1.165, 1.54) is 0 Å². The summed E-state index contributed by atoms with van der Waals surface area (Å²) in [4.78, 5) is 8.93. The van der Waals surface area contributed by atoms with Crippen molar-refractivity contribution in [1.82, 2.24) is 9.97 Å². The zero-order valence-corrected chi connectivity index (χ0v) is 10.6. The SMILES string of the molecule is Cc1cc(C(N)=S)nc(NC2CCOCC2)n1. The Morgan fingerprint density at radius 2 is 2.18 bits per heavy atom. The van der Waals surface area contributed by atoms with Crippen LogP contribution in [-0.4, -0.2) is 34.2 Å². The zero-order chi connectivity index (χ0) is 12.3. The molecular weight excluding hydrogens is 236 g/mol. The number of ether oxygens (including phenoxy) is 1. The molecule has 3 N–H and O–H groups in total. The summed E-state index contributed by atoms with van der Waals surface area (Å²) in [6.07, 6.45) is 1.94. The van der Waals surface area contributed by atoms with E-state index in [1.807, 2.05) is 6.92 Å². The van der Waals surface area contributed by atoms with Gasteiger partial charge in [-0.25, -0.2) is 9.97 Å². The first-order valence-electron chi connectivity index (χ1n) is 5.65.